The number of nitrogens with one attached hydrogen (secondary N) is 3. The van der Waals surface area contributed by atoms with Gasteiger partial charge in [0.15, 0.2) is 6.61 Å². The maximum absolute atomic E-state index is 12.7. The molecule has 0 radical (unpaired) electrons. The second-order valence-corrected chi connectivity index (χ2v) is 10.9. The maximum atomic E-state index is 12.7. The second-order valence-electron chi connectivity index (χ2n) is 8.37. The molecular formula is C27H26Cl2N4O5S. The second kappa shape index (κ2) is 12.9. The minimum atomic E-state index is -3.85. The number of nitrogens with zero attached hydrogens (tertiary/aromatic N) is 1. The van der Waals surface area contributed by atoms with Crippen molar-refractivity contribution in [2.24, 2.45) is 0 Å². The molecule has 0 saturated carbocycles. The van der Waals surface area contributed by atoms with E-state index >= 15 is 0 Å². The summed E-state index contributed by atoms with van der Waals surface area (Å²) in [5, 5.41) is 8.03. The third kappa shape index (κ3) is 7.66. The highest BCUT2D eigenvalue weighted by Crippen LogP contribution is 2.29. The first-order valence-electron chi connectivity index (χ1n) is 11.9. The van der Waals surface area contributed by atoms with Crippen LogP contribution in [0, 0.1) is 0 Å². The summed E-state index contributed by atoms with van der Waals surface area (Å²) in [5.74, 6) is 0.517. The Kier molecular flexibility index (Phi) is 9.34. The normalized spacial score (nSPS) is 11.2. The van der Waals surface area contributed by atoms with Gasteiger partial charge in [-0.25, -0.2) is 8.42 Å². The van der Waals surface area contributed by atoms with Crippen LogP contribution in [-0.2, 0) is 14.8 Å². The standard InChI is InChI=1S/C27H26Cl2N4O5S/c1-37-26-10-4-19(16-23(26)29)33-39(35,36)21-7-5-20(6-8-21)38-17-27(34)32-13-2-12-30-24-11-14-31-25-15-18(28)3-9-22(24)25/h3-11,14-16,33H,2,12-13,17H2,1H3,(H,30,31)(H,32,34). The van der Waals surface area contributed by atoms with Crippen molar-refractivity contribution in [3.05, 3.63) is 83.0 Å². The first kappa shape index (κ1) is 28.3. The van der Waals surface area contributed by atoms with Crippen LogP contribution in [0.4, 0.5) is 11.4 Å². The van der Waals surface area contributed by atoms with Gasteiger partial charge in [0.2, 0.25) is 0 Å². The van der Waals surface area contributed by atoms with Crippen LogP contribution in [0.15, 0.2) is 77.8 Å². The topological polar surface area (TPSA) is 119 Å². The van der Waals surface area contributed by atoms with E-state index in [4.69, 9.17) is 32.7 Å². The summed E-state index contributed by atoms with van der Waals surface area (Å²) in [6, 6.07) is 17.8. The number of pyridine rings is 1. The van der Waals surface area contributed by atoms with Gasteiger partial charge in [0.05, 0.1) is 28.2 Å². The zero-order valence-corrected chi connectivity index (χ0v) is 23.2. The van der Waals surface area contributed by atoms with Crippen molar-refractivity contribution in [1.29, 1.82) is 0 Å². The van der Waals surface area contributed by atoms with E-state index in [1.54, 1.807) is 18.3 Å². The Bertz CT molecular complexity index is 1570. The molecule has 9 nitrogen and oxygen atoms in total. The van der Waals surface area contributed by atoms with Crippen molar-refractivity contribution in [1.82, 2.24) is 10.3 Å². The SMILES string of the molecule is COc1ccc(NS(=O)(=O)c2ccc(OCC(=O)NCCCNc3ccnc4cc(Cl)ccc34)cc2)cc1Cl. The average Bonchev–Trinajstić information content (AvgIpc) is 2.91. The molecule has 0 spiro atoms. The van der Waals surface area contributed by atoms with Gasteiger partial charge >= 0.3 is 0 Å². The lowest BCUT2D eigenvalue weighted by Crippen LogP contribution is -2.30. The van der Waals surface area contributed by atoms with Crippen molar-refractivity contribution in [2.45, 2.75) is 11.3 Å². The molecule has 3 N–H and O–H groups in total. The number of hydrogen-bond donors (Lipinski definition) is 3. The molecule has 0 saturated heterocycles. The Morgan fingerprint density at radius 1 is 0.974 bits per heavy atom. The van der Waals surface area contributed by atoms with E-state index in [0.29, 0.717) is 41.7 Å². The van der Waals surface area contributed by atoms with E-state index in [-0.39, 0.29) is 22.4 Å². The van der Waals surface area contributed by atoms with E-state index in [0.717, 1.165) is 16.6 Å². The highest BCUT2D eigenvalue weighted by Gasteiger charge is 2.15. The number of fused-ring (bicyclic) bond motifs is 1. The van der Waals surface area contributed by atoms with Gasteiger partial charge in [-0.05, 0) is 73.2 Å². The number of amides is 1. The Morgan fingerprint density at radius 3 is 2.51 bits per heavy atom. The van der Waals surface area contributed by atoms with Crippen molar-refractivity contribution < 1.29 is 22.7 Å². The summed E-state index contributed by atoms with van der Waals surface area (Å²) in [5.41, 5.74) is 2.05. The fourth-order valence-electron chi connectivity index (χ4n) is 3.67. The molecule has 0 aliphatic heterocycles. The molecule has 0 unspecified atom stereocenters. The van der Waals surface area contributed by atoms with Crippen LogP contribution >= 0.6 is 23.2 Å². The van der Waals surface area contributed by atoms with Crippen LogP contribution in [0.3, 0.4) is 0 Å². The maximum Gasteiger partial charge on any atom is 0.261 e. The predicted molar refractivity (Wildman–Crippen MR) is 154 cm³/mol. The van der Waals surface area contributed by atoms with Crippen molar-refractivity contribution in [2.75, 3.05) is 36.8 Å². The van der Waals surface area contributed by atoms with Crippen LogP contribution < -0.4 is 24.8 Å². The number of rotatable bonds is 12. The number of anilines is 2. The van der Waals surface area contributed by atoms with Gasteiger partial charge in [-0.3, -0.25) is 14.5 Å². The molecule has 204 valence electrons. The van der Waals surface area contributed by atoms with Gasteiger partial charge in [-0.15, -0.1) is 0 Å². The van der Waals surface area contributed by atoms with Crippen LogP contribution in [0.5, 0.6) is 11.5 Å². The highest BCUT2D eigenvalue weighted by atomic mass is 35.5. The molecule has 4 rings (SSSR count). The molecule has 0 bridgehead atoms. The van der Waals surface area contributed by atoms with Gasteiger partial charge in [0.1, 0.15) is 11.5 Å². The first-order valence-corrected chi connectivity index (χ1v) is 14.1. The average molecular weight is 590 g/mol. The minimum absolute atomic E-state index is 0.0313. The molecule has 0 aliphatic carbocycles. The highest BCUT2D eigenvalue weighted by molar-refractivity contribution is 7.92. The molecule has 0 aliphatic rings. The molecule has 4 aromatic rings. The largest absolute Gasteiger partial charge is 0.495 e. The lowest BCUT2D eigenvalue weighted by atomic mass is 10.2. The van der Waals surface area contributed by atoms with E-state index in [9.17, 15) is 13.2 Å². The van der Waals surface area contributed by atoms with Gasteiger partial charge in [0.25, 0.3) is 15.9 Å². The number of sulfonamides is 1. The molecule has 1 heterocycles. The fourth-order valence-corrected chi connectivity index (χ4v) is 5.15. The van der Waals surface area contributed by atoms with E-state index in [1.807, 2.05) is 24.3 Å². The molecular weight excluding hydrogens is 563 g/mol. The molecule has 1 amide bonds. The van der Waals surface area contributed by atoms with Crippen LogP contribution in [0.25, 0.3) is 10.9 Å². The molecule has 12 heteroatoms. The number of carbonyl (C=O) groups is 1. The number of hydrogen-bond acceptors (Lipinski definition) is 7. The summed E-state index contributed by atoms with van der Waals surface area (Å²) < 4.78 is 38.4. The van der Waals surface area contributed by atoms with E-state index in [1.165, 1.54) is 37.4 Å². The van der Waals surface area contributed by atoms with Gasteiger partial charge in [-0.2, -0.15) is 0 Å². The number of benzene rings is 3. The summed E-state index contributed by atoms with van der Waals surface area (Å²) in [4.78, 5) is 16.5. The van der Waals surface area contributed by atoms with E-state index < -0.39 is 10.0 Å². The van der Waals surface area contributed by atoms with Crippen molar-refractivity contribution >= 4 is 61.4 Å². The number of ether oxygens (including phenoxy) is 2. The molecule has 0 atom stereocenters. The summed E-state index contributed by atoms with van der Waals surface area (Å²) in [7, 11) is -2.38. The zero-order chi connectivity index (χ0) is 27.8. The number of methoxy groups -OCH3 is 1. The van der Waals surface area contributed by atoms with Crippen LogP contribution in [-0.4, -0.2) is 46.1 Å². The Labute approximate surface area is 236 Å². The predicted octanol–water partition coefficient (Wildman–Crippen LogP) is 5.35. The van der Waals surface area contributed by atoms with Crippen LogP contribution in [0.1, 0.15) is 6.42 Å². The third-order valence-corrected chi connectivity index (χ3v) is 7.53. The van der Waals surface area contributed by atoms with E-state index in [2.05, 4.69) is 20.3 Å². The minimum Gasteiger partial charge on any atom is -0.495 e. The van der Waals surface area contributed by atoms with Crippen molar-refractivity contribution in [3.8, 4) is 11.5 Å². The number of aromatic nitrogens is 1. The Morgan fingerprint density at radius 2 is 1.77 bits per heavy atom. The van der Waals surface area contributed by atoms with Gasteiger partial charge < -0.3 is 20.1 Å². The molecule has 39 heavy (non-hydrogen) atoms. The zero-order valence-electron chi connectivity index (χ0n) is 20.9. The first-order chi connectivity index (χ1) is 18.7. The third-order valence-electron chi connectivity index (χ3n) is 5.60. The van der Waals surface area contributed by atoms with Gasteiger partial charge in [0, 0.05) is 35.4 Å². The quantitative estimate of drug-likeness (QED) is 0.191. The Hall–Kier alpha value is -3.73. The summed E-state index contributed by atoms with van der Waals surface area (Å²) >= 11 is 12.1. The summed E-state index contributed by atoms with van der Waals surface area (Å²) in [6.45, 7) is 0.912. The lowest BCUT2D eigenvalue weighted by Gasteiger charge is -2.11. The monoisotopic (exact) mass is 588 g/mol. The molecule has 1 aromatic heterocycles. The molecule has 0 fully saturated rings. The lowest BCUT2D eigenvalue weighted by molar-refractivity contribution is -0.123. The van der Waals surface area contributed by atoms with Crippen molar-refractivity contribution in [3.63, 3.8) is 0 Å². The summed E-state index contributed by atoms with van der Waals surface area (Å²) in [6.07, 6.45) is 2.41. The smallest absolute Gasteiger partial charge is 0.261 e. The fraction of sp³-hybridized carbons (Fsp3) is 0.185. The Balaban J connectivity index is 1.19. The van der Waals surface area contributed by atoms with Gasteiger partial charge in [-0.1, -0.05) is 23.2 Å². The number of carbonyl (C=O) groups excluding carboxylic acids is 1. The number of halogens is 2. The molecule has 3 aromatic carbocycles. The van der Waals surface area contributed by atoms with Crippen LogP contribution in [0.2, 0.25) is 10.0 Å².